The van der Waals surface area contributed by atoms with Crippen LogP contribution in [0.4, 0.5) is 5.00 Å². The maximum absolute atomic E-state index is 13.2. The number of halogens is 1. The average Bonchev–Trinajstić information content (AvgIpc) is 3.58. The number of aryl methyl sites for hydroxylation is 1. The maximum atomic E-state index is 13.2. The Hall–Kier alpha value is -3.50. The van der Waals surface area contributed by atoms with Crippen LogP contribution in [0.5, 0.6) is 0 Å². The predicted molar refractivity (Wildman–Crippen MR) is 138 cm³/mol. The molecule has 0 bridgehead atoms. The van der Waals surface area contributed by atoms with Gasteiger partial charge in [0.15, 0.2) is 11.5 Å². The molecule has 11 heteroatoms. The molecule has 1 aromatic carbocycles. The number of amides is 1. The number of pyridine rings is 1. The highest BCUT2D eigenvalue weighted by Crippen LogP contribution is 2.35. The lowest BCUT2D eigenvalue weighted by molar-refractivity contribution is -0.134. The monoisotopic (exact) mass is 506 g/mol. The molecule has 1 saturated heterocycles. The Morgan fingerprint density at radius 1 is 1.23 bits per heavy atom. The number of benzene rings is 1. The molecule has 1 amide bonds. The topological polar surface area (TPSA) is 95.8 Å². The van der Waals surface area contributed by atoms with E-state index in [1.807, 2.05) is 46.2 Å². The van der Waals surface area contributed by atoms with Crippen molar-refractivity contribution in [1.29, 1.82) is 0 Å². The highest BCUT2D eigenvalue weighted by Gasteiger charge is 2.30. The van der Waals surface area contributed by atoms with Crippen molar-refractivity contribution in [3.63, 3.8) is 0 Å². The molecule has 1 aliphatic heterocycles. The number of piperazine rings is 1. The summed E-state index contributed by atoms with van der Waals surface area (Å²) < 4.78 is 1.81. The van der Waals surface area contributed by atoms with Gasteiger partial charge in [0.25, 0.3) is 0 Å². The number of aromatic amines is 1. The standard InChI is InChI=1S/C24H23ClN8OS/c1-14-8-18-19(9-16(14)25)30-22(29-18)21-24(35-13-28-21)31-6-7-33(15(2)10-31)20(34)11-32-12-27-17-4-3-5-26-23(17)32/h3-5,8-9,12-13,15H,6-7,10-11H2,1-2H3,(H,29,30)/t15-/m1/s1. The van der Waals surface area contributed by atoms with Crippen molar-refractivity contribution in [3.05, 3.63) is 52.9 Å². The second-order valence-electron chi connectivity index (χ2n) is 8.81. The van der Waals surface area contributed by atoms with Crippen molar-refractivity contribution >= 4 is 56.0 Å². The first-order valence-corrected chi connectivity index (χ1v) is 12.6. The zero-order valence-electron chi connectivity index (χ0n) is 19.3. The van der Waals surface area contributed by atoms with Crippen LogP contribution in [0.25, 0.3) is 33.7 Å². The van der Waals surface area contributed by atoms with Gasteiger partial charge < -0.3 is 19.4 Å². The Balaban J connectivity index is 1.19. The number of H-pyrrole nitrogens is 1. The molecule has 178 valence electrons. The molecule has 0 unspecified atom stereocenters. The van der Waals surface area contributed by atoms with Crippen molar-refractivity contribution in [3.8, 4) is 11.5 Å². The summed E-state index contributed by atoms with van der Waals surface area (Å²) in [5.74, 6) is 0.791. The molecule has 35 heavy (non-hydrogen) atoms. The van der Waals surface area contributed by atoms with Crippen LogP contribution in [0.15, 0.2) is 42.3 Å². The summed E-state index contributed by atoms with van der Waals surface area (Å²) in [6.45, 7) is 6.36. The van der Waals surface area contributed by atoms with E-state index in [9.17, 15) is 4.79 Å². The third-order valence-corrected chi connectivity index (χ3v) is 7.74. The van der Waals surface area contributed by atoms with E-state index in [1.54, 1.807) is 23.9 Å². The van der Waals surface area contributed by atoms with Crippen LogP contribution in [0.1, 0.15) is 12.5 Å². The van der Waals surface area contributed by atoms with E-state index >= 15 is 0 Å². The fourth-order valence-electron chi connectivity index (χ4n) is 4.64. The average molecular weight is 507 g/mol. The van der Waals surface area contributed by atoms with Crippen LogP contribution in [0.2, 0.25) is 5.02 Å². The van der Waals surface area contributed by atoms with Gasteiger partial charge in [0.2, 0.25) is 5.91 Å². The third-order valence-electron chi connectivity index (χ3n) is 6.45. The van der Waals surface area contributed by atoms with Crippen LogP contribution >= 0.6 is 22.9 Å². The number of thiazole rings is 1. The summed E-state index contributed by atoms with van der Waals surface area (Å²) in [4.78, 5) is 38.8. The summed E-state index contributed by atoms with van der Waals surface area (Å²) in [7, 11) is 0. The molecule has 1 atom stereocenters. The maximum Gasteiger partial charge on any atom is 0.242 e. The fourth-order valence-corrected chi connectivity index (χ4v) is 5.63. The van der Waals surface area contributed by atoms with Crippen LogP contribution in [0.3, 0.4) is 0 Å². The second kappa shape index (κ2) is 8.62. The lowest BCUT2D eigenvalue weighted by atomic mass is 10.2. The van der Waals surface area contributed by atoms with E-state index in [4.69, 9.17) is 16.6 Å². The van der Waals surface area contributed by atoms with Gasteiger partial charge in [-0.05, 0) is 43.7 Å². The van der Waals surface area contributed by atoms with Crippen molar-refractivity contribution in [1.82, 2.24) is 34.4 Å². The number of imidazole rings is 2. The number of carbonyl (C=O) groups excluding carboxylic acids is 1. The normalized spacial score (nSPS) is 16.5. The van der Waals surface area contributed by atoms with Gasteiger partial charge in [0.1, 0.15) is 22.8 Å². The molecule has 1 aliphatic rings. The molecule has 9 nitrogen and oxygen atoms in total. The SMILES string of the molecule is Cc1cc2[nH]c(-c3ncsc3N3CCN(C(=O)Cn4cnc5cccnc54)[C@H](C)C3)nc2cc1Cl. The van der Waals surface area contributed by atoms with Gasteiger partial charge in [0, 0.05) is 36.9 Å². The van der Waals surface area contributed by atoms with Crippen molar-refractivity contribution in [2.45, 2.75) is 26.4 Å². The third kappa shape index (κ3) is 3.92. The van der Waals surface area contributed by atoms with E-state index < -0.39 is 0 Å². The Kier molecular flexibility index (Phi) is 5.42. The molecule has 0 radical (unpaired) electrons. The first kappa shape index (κ1) is 22.0. The minimum atomic E-state index is 0.0473. The largest absolute Gasteiger partial charge is 0.358 e. The zero-order chi connectivity index (χ0) is 24.1. The number of hydrogen-bond donors (Lipinski definition) is 1. The van der Waals surface area contributed by atoms with Crippen LogP contribution in [-0.2, 0) is 11.3 Å². The van der Waals surface area contributed by atoms with Crippen LogP contribution < -0.4 is 4.90 Å². The van der Waals surface area contributed by atoms with Crippen molar-refractivity contribution < 1.29 is 4.79 Å². The second-order valence-corrected chi connectivity index (χ2v) is 10.1. The number of anilines is 1. The van der Waals surface area contributed by atoms with Crippen molar-refractivity contribution in [2.24, 2.45) is 0 Å². The number of nitrogens with zero attached hydrogens (tertiary/aromatic N) is 7. The fraction of sp³-hybridized carbons (Fsp3) is 0.292. The number of rotatable bonds is 4. The molecular weight excluding hydrogens is 484 g/mol. The van der Waals surface area contributed by atoms with Crippen molar-refractivity contribution in [2.75, 3.05) is 24.5 Å². The number of aromatic nitrogens is 6. The molecule has 0 spiro atoms. The van der Waals surface area contributed by atoms with Gasteiger partial charge in [-0.1, -0.05) is 11.6 Å². The molecular formula is C24H23ClN8OS. The molecule has 6 rings (SSSR count). The summed E-state index contributed by atoms with van der Waals surface area (Å²) in [6, 6.07) is 7.67. The number of carbonyl (C=O) groups is 1. The number of fused-ring (bicyclic) bond motifs is 2. The van der Waals surface area contributed by atoms with E-state index in [-0.39, 0.29) is 18.5 Å². The number of hydrogen-bond acceptors (Lipinski definition) is 7. The molecule has 4 aromatic heterocycles. The zero-order valence-corrected chi connectivity index (χ0v) is 20.8. The lowest BCUT2D eigenvalue weighted by Crippen LogP contribution is -2.54. The first-order chi connectivity index (χ1) is 17.0. The summed E-state index contributed by atoms with van der Waals surface area (Å²) in [6.07, 6.45) is 3.40. The van der Waals surface area contributed by atoms with Crippen LogP contribution in [-0.4, -0.2) is 66.0 Å². The van der Waals surface area contributed by atoms with E-state index in [0.29, 0.717) is 11.6 Å². The van der Waals surface area contributed by atoms with Gasteiger partial charge >= 0.3 is 0 Å². The van der Waals surface area contributed by atoms with E-state index in [2.05, 4.69) is 31.8 Å². The quantitative estimate of drug-likeness (QED) is 0.394. The molecule has 1 N–H and O–H groups in total. The molecule has 0 saturated carbocycles. The van der Waals surface area contributed by atoms with Gasteiger partial charge in [-0.25, -0.2) is 19.9 Å². The lowest BCUT2D eigenvalue weighted by Gasteiger charge is -2.40. The van der Waals surface area contributed by atoms with Gasteiger partial charge in [-0.3, -0.25) is 4.79 Å². The van der Waals surface area contributed by atoms with Crippen LogP contribution in [0, 0.1) is 6.92 Å². The Bertz CT molecular complexity index is 1520. The van der Waals surface area contributed by atoms with Gasteiger partial charge in [0.05, 0.1) is 22.9 Å². The molecule has 5 heterocycles. The Morgan fingerprint density at radius 2 is 2.11 bits per heavy atom. The van der Waals surface area contributed by atoms with E-state index in [0.717, 1.165) is 57.4 Å². The Morgan fingerprint density at radius 3 is 2.97 bits per heavy atom. The number of nitrogens with one attached hydrogen (secondary N) is 1. The highest BCUT2D eigenvalue weighted by molar-refractivity contribution is 7.14. The summed E-state index contributed by atoms with van der Waals surface area (Å²) in [5, 5.41) is 1.75. The molecule has 5 aromatic rings. The first-order valence-electron chi connectivity index (χ1n) is 11.4. The minimum Gasteiger partial charge on any atom is -0.358 e. The predicted octanol–water partition coefficient (Wildman–Crippen LogP) is 4.13. The smallest absolute Gasteiger partial charge is 0.242 e. The Labute approximate surface area is 210 Å². The summed E-state index contributed by atoms with van der Waals surface area (Å²) >= 11 is 7.88. The molecule has 0 aliphatic carbocycles. The minimum absolute atomic E-state index is 0.0473. The van der Waals surface area contributed by atoms with Gasteiger partial charge in [-0.15, -0.1) is 11.3 Å². The highest BCUT2D eigenvalue weighted by atomic mass is 35.5. The molecule has 1 fully saturated rings. The van der Waals surface area contributed by atoms with E-state index in [1.165, 1.54) is 0 Å². The summed E-state index contributed by atoms with van der Waals surface area (Å²) in [5.41, 5.74) is 6.94. The van der Waals surface area contributed by atoms with Gasteiger partial charge in [-0.2, -0.15) is 0 Å².